The van der Waals surface area contributed by atoms with Gasteiger partial charge in [-0.3, -0.25) is 0 Å². The molecular formula is C20H24Cl2N2S. The van der Waals surface area contributed by atoms with E-state index in [-0.39, 0.29) is 12.4 Å². The van der Waals surface area contributed by atoms with Crippen molar-refractivity contribution in [2.75, 3.05) is 0 Å². The van der Waals surface area contributed by atoms with Crippen molar-refractivity contribution in [2.24, 2.45) is 5.92 Å². The van der Waals surface area contributed by atoms with Crippen LogP contribution < -0.4 is 0 Å². The number of thioether (sulfide) groups is 1. The van der Waals surface area contributed by atoms with E-state index in [1.54, 1.807) is 11.8 Å². The molecule has 0 aliphatic carbocycles. The molecule has 134 valence electrons. The Bertz CT molecular complexity index is 854. The zero-order chi connectivity index (χ0) is 17.3. The van der Waals surface area contributed by atoms with Crippen LogP contribution >= 0.6 is 35.8 Å². The molecule has 0 unspecified atom stereocenters. The lowest BCUT2D eigenvalue weighted by Crippen LogP contribution is -2.07. The highest BCUT2D eigenvalue weighted by atomic mass is 35.5. The summed E-state index contributed by atoms with van der Waals surface area (Å²) in [7, 11) is 0. The Balaban J connectivity index is 0.00000225. The van der Waals surface area contributed by atoms with E-state index in [1.165, 1.54) is 27.7 Å². The quantitative estimate of drug-likeness (QED) is 0.449. The van der Waals surface area contributed by atoms with Crippen molar-refractivity contribution in [3.8, 4) is 0 Å². The standard InChI is InChI=1S/C20H23ClN2S.ClH/c1-13(2)11-23-15(4)14(3)18-9-10-22-20(19(18)23)24-12-16-5-7-17(21)8-6-16;/h5-10,13H,11-12H2,1-4H3;1H. The number of hydrogen-bond donors (Lipinski definition) is 0. The van der Waals surface area contributed by atoms with Gasteiger partial charge in [0.05, 0.1) is 5.52 Å². The Labute approximate surface area is 165 Å². The lowest BCUT2D eigenvalue weighted by atomic mass is 10.2. The minimum atomic E-state index is 0. The zero-order valence-corrected chi connectivity index (χ0v) is 17.4. The van der Waals surface area contributed by atoms with Gasteiger partial charge in [0.2, 0.25) is 0 Å². The van der Waals surface area contributed by atoms with E-state index in [0.29, 0.717) is 5.92 Å². The SMILES string of the molecule is Cc1c(C)n(CC(C)C)c2c(SCc3ccc(Cl)cc3)nccc12.Cl. The number of halogens is 2. The van der Waals surface area contributed by atoms with E-state index >= 15 is 0 Å². The van der Waals surface area contributed by atoms with Gasteiger partial charge in [-0.1, -0.05) is 49.3 Å². The van der Waals surface area contributed by atoms with E-state index in [4.69, 9.17) is 11.6 Å². The molecule has 3 aromatic rings. The van der Waals surface area contributed by atoms with Crippen LogP contribution in [0.5, 0.6) is 0 Å². The summed E-state index contributed by atoms with van der Waals surface area (Å²) < 4.78 is 2.44. The van der Waals surface area contributed by atoms with E-state index in [1.807, 2.05) is 18.3 Å². The third-order valence-corrected chi connectivity index (χ3v) is 5.65. The molecule has 5 heteroatoms. The van der Waals surface area contributed by atoms with E-state index in [9.17, 15) is 0 Å². The molecule has 0 aliphatic heterocycles. The molecule has 0 amide bonds. The molecule has 0 atom stereocenters. The van der Waals surface area contributed by atoms with E-state index < -0.39 is 0 Å². The molecular weight excluding hydrogens is 371 g/mol. The fourth-order valence-electron chi connectivity index (χ4n) is 2.99. The van der Waals surface area contributed by atoms with Gasteiger partial charge in [0.15, 0.2) is 0 Å². The molecule has 3 rings (SSSR count). The van der Waals surface area contributed by atoms with Crippen LogP contribution in [0.3, 0.4) is 0 Å². The van der Waals surface area contributed by atoms with Crippen molar-refractivity contribution in [2.45, 2.75) is 45.0 Å². The smallest absolute Gasteiger partial charge is 0.121 e. The van der Waals surface area contributed by atoms with Crippen molar-refractivity contribution in [3.63, 3.8) is 0 Å². The third kappa shape index (κ3) is 4.33. The normalized spacial score (nSPS) is 11.1. The first kappa shape index (κ1) is 20.2. The number of hydrogen-bond acceptors (Lipinski definition) is 2. The van der Waals surface area contributed by atoms with Crippen molar-refractivity contribution >= 4 is 46.7 Å². The van der Waals surface area contributed by atoms with Gasteiger partial charge in [-0.2, -0.15) is 0 Å². The average Bonchev–Trinajstić information content (AvgIpc) is 2.80. The molecule has 0 aliphatic rings. The molecule has 2 aromatic heterocycles. The van der Waals surface area contributed by atoms with E-state index in [2.05, 4.69) is 55.4 Å². The highest BCUT2D eigenvalue weighted by Crippen LogP contribution is 2.33. The summed E-state index contributed by atoms with van der Waals surface area (Å²) in [4.78, 5) is 4.68. The van der Waals surface area contributed by atoms with Crippen LogP contribution in [0.2, 0.25) is 5.02 Å². The van der Waals surface area contributed by atoms with Gasteiger partial charge in [-0.25, -0.2) is 4.98 Å². The van der Waals surface area contributed by atoms with Crippen molar-refractivity contribution < 1.29 is 0 Å². The predicted molar refractivity (Wildman–Crippen MR) is 112 cm³/mol. The Morgan fingerprint density at radius 2 is 1.80 bits per heavy atom. The number of pyridine rings is 1. The molecule has 0 spiro atoms. The van der Waals surface area contributed by atoms with Gasteiger partial charge in [-0.15, -0.1) is 12.4 Å². The van der Waals surface area contributed by atoms with Crippen molar-refractivity contribution in [1.82, 2.24) is 9.55 Å². The zero-order valence-electron chi connectivity index (χ0n) is 15.0. The van der Waals surface area contributed by atoms with Gasteiger partial charge >= 0.3 is 0 Å². The molecule has 1 aromatic carbocycles. The van der Waals surface area contributed by atoms with Crippen LogP contribution in [0.15, 0.2) is 41.6 Å². The maximum atomic E-state index is 5.97. The Morgan fingerprint density at radius 1 is 1.12 bits per heavy atom. The second kappa shape index (κ2) is 8.48. The van der Waals surface area contributed by atoms with Gasteiger partial charge in [-0.05, 0) is 49.1 Å². The van der Waals surface area contributed by atoms with Crippen LogP contribution in [0.1, 0.15) is 30.7 Å². The highest BCUT2D eigenvalue weighted by Gasteiger charge is 2.16. The first-order chi connectivity index (χ1) is 11.5. The fourth-order valence-corrected chi connectivity index (χ4v) is 4.11. The number of nitrogens with zero attached hydrogens (tertiary/aromatic N) is 2. The molecule has 0 fully saturated rings. The number of aromatic nitrogens is 2. The second-order valence-electron chi connectivity index (χ2n) is 6.64. The van der Waals surface area contributed by atoms with Crippen molar-refractivity contribution in [1.29, 1.82) is 0 Å². The molecule has 2 nitrogen and oxygen atoms in total. The molecule has 0 bridgehead atoms. The number of rotatable bonds is 5. The summed E-state index contributed by atoms with van der Waals surface area (Å²) in [6.45, 7) is 9.97. The summed E-state index contributed by atoms with van der Waals surface area (Å²) >= 11 is 7.77. The first-order valence-electron chi connectivity index (χ1n) is 8.29. The maximum Gasteiger partial charge on any atom is 0.121 e. The third-order valence-electron chi connectivity index (χ3n) is 4.35. The second-order valence-corrected chi connectivity index (χ2v) is 8.04. The van der Waals surface area contributed by atoms with Gasteiger partial charge in [0.1, 0.15) is 5.03 Å². The Morgan fingerprint density at radius 3 is 2.44 bits per heavy atom. The van der Waals surface area contributed by atoms with Crippen LogP contribution in [0.25, 0.3) is 10.9 Å². The lowest BCUT2D eigenvalue weighted by molar-refractivity contribution is 0.525. The molecule has 0 N–H and O–H groups in total. The molecule has 0 saturated heterocycles. The number of fused-ring (bicyclic) bond motifs is 1. The predicted octanol–water partition coefficient (Wildman–Crippen LogP) is 6.68. The average molecular weight is 395 g/mol. The molecule has 0 saturated carbocycles. The van der Waals surface area contributed by atoms with Gasteiger partial charge in [0, 0.05) is 34.6 Å². The molecule has 2 heterocycles. The maximum absolute atomic E-state index is 5.97. The molecule has 0 radical (unpaired) electrons. The summed E-state index contributed by atoms with van der Waals surface area (Å²) in [5.41, 5.74) is 5.25. The van der Waals surface area contributed by atoms with E-state index in [0.717, 1.165) is 22.3 Å². The van der Waals surface area contributed by atoms with Crippen LogP contribution in [-0.2, 0) is 12.3 Å². The first-order valence-corrected chi connectivity index (χ1v) is 9.65. The lowest BCUT2D eigenvalue weighted by Gasteiger charge is -2.13. The van der Waals surface area contributed by atoms with Crippen LogP contribution in [0.4, 0.5) is 0 Å². The monoisotopic (exact) mass is 394 g/mol. The Hall–Kier alpha value is -1.16. The number of benzene rings is 1. The topological polar surface area (TPSA) is 17.8 Å². The molecule has 25 heavy (non-hydrogen) atoms. The largest absolute Gasteiger partial charge is 0.342 e. The summed E-state index contributed by atoms with van der Waals surface area (Å²) in [6, 6.07) is 10.2. The van der Waals surface area contributed by atoms with Gasteiger partial charge < -0.3 is 4.57 Å². The summed E-state index contributed by atoms with van der Waals surface area (Å²) in [6.07, 6.45) is 1.93. The van der Waals surface area contributed by atoms with Crippen molar-refractivity contribution in [3.05, 3.63) is 58.4 Å². The fraction of sp³-hybridized carbons (Fsp3) is 0.350. The summed E-state index contributed by atoms with van der Waals surface area (Å²) in [5.74, 6) is 1.50. The number of aryl methyl sites for hydroxylation is 1. The van der Waals surface area contributed by atoms with Crippen LogP contribution in [-0.4, -0.2) is 9.55 Å². The minimum absolute atomic E-state index is 0. The van der Waals surface area contributed by atoms with Crippen LogP contribution in [0, 0.1) is 19.8 Å². The summed E-state index contributed by atoms with van der Waals surface area (Å²) in [5, 5.41) is 3.21. The van der Waals surface area contributed by atoms with Gasteiger partial charge in [0.25, 0.3) is 0 Å². The Kier molecular flexibility index (Phi) is 6.84. The highest BCUT2D eigenvalue weighted by molar-refractivity contribution is 7.98. The minimum Gasteiger partial charge on any atom is -0.342 e.